The quantitative estimate of drug-likeness (QED) is 0.668. The summed E-state index contributed by atoms with van der Waals surface area (Å²) in [4.78, 5) is 16.1. The molecular formula is C11H22N2O. The van der Waals surface area contributed by atoms with Crippen molar-refractivity contribution in [2.24, 2.45) is 0 Å². The van der Waals surface area contributed by atoms with E-state index in [1.807, 2.05) is 14.1 Å². The number of nitrogens with zero attached hydrogens (tertiary/aromatic N) is 2. The summed E-state index contributed by atoms with van der Waals surface area (Å²) in [6, 6.07) is 0.450. The summed E-state index contributed by atoms with van der Waals surface area (Å²) < 4.78 is 0. The van der Waals surface area contributed by atoms with Crippen LogP contribution in [0.15, 0.2) is 0 Å². The Hall–Kier alpha value is -0.570. The van der Waals surface area contributed by atoms with Crippen molar-refractivity contribution in [3.63, 3.8) is 0 Å². The third-order valence-electron chi connectivity index (χ3n) is 3.19. The molecule has 3 nitrogen and oxygen atoms in total. The van der Waals surface area contributed by atoms with E-state index in [0.717, 1.165) is 19.4 Å². The number of hydrogen-bond donors (Lipinski definition) is 0. The molecule has 1 aliphatic heterocycles. The Labute approximate surface area is 87.1 Å². The Bertz CT molecular complexity index is 225. The molecule has 3 heteroatoms. The highest BCUT2D eigenvalue weighted by molar-refractivity contribution is 5.85. The number of rotatable bonds is 2. The van der Waals surface area contributed by atoms with Gasteiger partial charge in [0.2, 0.25) is 5.91 Å². The second-order valence-corrected chi connectivity index (χ2v) is 4.86. The number of likely N-dealkylation sites (tertiary alicyclic amines) is 1. The van der Waals surface area contributed by atoms with Gasteiger partial charge in [0.05, 0.1) is 5.54 Å². The van der Waals surface area contributed by atoms with Gasteiger partial charge in [0.1, 0.15) is 0 Å². The number of likely N-dealkylation sites (N-methyl/N-ethyl adjacent to an activating group) is 1. The Morgan fingerprint density at radius 1 is 1.43 bits per heavy atom. The zero-order valence-electron chi connectivity index (χ0n) is 10.0. The summed E-state index contributed by atoms with van der Waals surface area (Å²) in [5, 5.41) is 0. The lowest BCUT2D eigenvalue weighted by Crippen LogP contribution is -2.55. The van der Waals surface area contributed by atoms with Gasteiger partial charge in [-0.25, -0.2) is 0 Å². The van der Waals surface area contributed by atoms with E-state index in [1.54, 1.807) is 4.90 Å². The van der Waals surface area contributed by atoms with Crippen molar-refractivity contribution in [3.8, 4) is 0 Å². The molecule has 0 bridgehead atoms. The summed E-state index contributed by atoms with van der Waals surface area (Å²) in [5.74, 6) is 0.240. The molecule has 1 atom stereocenters. The molecule has 0 radical (unpaired) electrons. The molecule has 1 fully saturated rings. The summed E-state index contributed by atoms with van der Waals surface area (Å²) in [7, 11) is 3.68. The molecule has 0 N–H and O–H groups in total. The molecule has 1 amide bonds. The van der Waals surface area contributed by atoms with E-state index in [9.17, 15) is 4.79 Å². The summed E-state index contributed by atoms with van der Waals surface area (Å²) in [6.45, 7) is 7.44. The highest BCUT2D eigenvalue weighted by Crippen LogP contribution is 2.32. The second kappa shape index (κ2) is 3.89. The van der Waals surface area contributed by atoms with Gasteiger partial charge in [0.25, 0.3) is 0 Å². The summed E-state index contributed by atoms with van der Waals surface area (Å²) >= 11 is 0. The maximum Gasteiger partial charge on any atom is 0.242 e. The first-order chi connectivity index (χ1) is 6.39. The van der Waals surface area contributed by atoms with Crippen LogP contribution >= 0.6 is 0 Å². The van der Waals surface area contributed by atoms with Crippen LogP contribution in [0.1, 0.15) is 33.6 Å². The lowest BCUT2D eigenvalue weighted by Gasteiger charge is -2.38. The normalized spacial score (nSPS) is 28.4. The highest BCUT2D eigenvalue weighted by Gasteiger charge is 2.44. The Morgan fingerprint density at radius 3 is 2.43 bits per heavy atom. The van der Waals surface area contributed by atoms with Gasteiger partial charge in [-0.2, -0.15) is 0 Å². The van der Waals surface area contributed by atoms with Crippen LogP contribution < -0.4 is 0 Å². The average Bonchev–Trinajstić information content (AvgIpc) is 2.47. The monoisotopic (exact) mass is 198 g/mol. The predicted molar refractivity (Wildman–Crippen MR) is 58.2 cm³/mol. The van der Waals surface area contributed by atoms with Crippen LogP contribution in [-0.4, -0.2) is 47.9 Å². The maximum atomic E-state index is 12.1. The lowest BCUT2D eigenvalue weighted by atomic mass is 9.96. The minimum atomic E-state index is -0.266. The topological polar surface area (TPSA) is 23.6 Å². The van der Waals surface area contributed by atoms with E-state index < -0.39 is 0 Å². The van der Waals surface area contributed by atoms with Crippen molar-refractivity contribution in [1.82, 2.24) is 9.80 Å². The Balaban J connectivity index is 2.86. The van der Waals surface area contributed by atoms with Crippen LogP contribution in [-0.2, 0) is 4.79 Å². The fraction of sp³-hybridized carbons (Fsp3) is 0.909. The standard InChI is InChI=1S/C11H22N2O/c1-9(2)13-8-6-7-11(13,3)10(14)12(4)5/h9H,6-8H2,1-5H3. The van der Waals surface area contributed by atoms with Crippen LogP contribution in [0.25, 0.3) is 0 Å². The molecular weight excluding hydrogens is 176 g/mol. The zero-order chi connectivity index (χ0) is 10.9. The number of amides is 1. The fourth-order valence-electron chi connectivity index (χ4n) is 2.52. The van der Waals surface area contributed by atoms with E-state index in [1.165, 1.54) is 0 Å². The van der Waals surface area contributed by atoms with Crippen molar-refractivity contribution >= 4 is 5.91 Å². The van der Waals surface area contributed by atoms with Crippen molar-refractivity contribution in [3.05, 3.63) is 0 Å². The van der Waals surface area contributed by atoms with Crippen molar-refractivity contribution in [1.29, 1.82) is 0 Å². The van der Waals surface area contributed by atoms with Crippen molar-refractivity contribution in [2.75, 3.05) is 20.6 Å². The van der Waals surface area contributed by atoms with Gasteiger partial charge in [0, 0.05) is 20.1 Å². The third-order valence-corrected chi connectivity index (χ3v) is 3.19. The van der Waals surface area contributed by atoms with Crippen molar-refractivity contribution in [2.45, 2.75) is 45.2 Å². The molecule has 0 aromatic rings. The Kier molecular flexibility index (Phi) is 3.20. The van der Waals surface area contributed by atoms with Crippen LogP contribution in [0.4, 0.5) is 0 Å². The van der Waals surface area contributed by atoms with E-state index in [-0.39, 0.29) is 11.4 Å². The minimum absolute atomic E-state index is 0.240. The van der Waals surface area contributed by atoms with Gasteiger partial charge in [-0.05, 0) is 40.2 Å². The van der Waals surface area contributed by atoms with Gasteiger partial charge >= 0.3 is 0 Å². The van der Waals surface area contributed by atoms with Crippen LogP contribution in [0.3, 0.4) is 0 Å². The van der Waals surface area contributed by atoms with Gasteiger partial charge in [-0.15, -0.1) is 0 Å². The number of hydrogen-bond acceptors (Lipinski definition) is 2. The fourth-order valence-corrected chi connectivity index (χ4v) is 2.52. The Morgan fingerprint density at radius 2 is 2.00 bits per heavy atom. The smallest absolute Gasteiger partial charge is 0.242 e. The molecule has 82 valence electrons. The lowest BCUT2D eigenvalue weighted by molar-refractivity contribution is -0.140. The highest BCUT2D eigenvalue weighted by atomic mass is 16.2. The first-order valence-corrected chi connectivity index (χ1v) is 5.38. The first-order valence-electron chi connectivity index (χ1n) is 5.38. The molecule has 1 heterocycles. The van der Waals surface area contributed by atoms with Crippen molar-refractivity contribution < 1.29 is 4.79 Å². The van der Waals surface area contributed by atoms with E-state index in [2.05, 4.69) is 25.7 Å². The number of carbonyl (C=O) groups excluding carboxylic acids is 1. The SMILES string of the molecule is CC(C)N1CCCC1(C)C(=O)N(C)C. The molecule has 0 aromatic carbocycles. The minimum Gasteiger partial charge on any atom is -0.347 e. The summed E-state index contributed by atoms with van der Waals surface area (Å²) in [6.07, 6.45) is 2.12. The molecule has 0 aromatic heterocycles. The van der Waals surface area contributed by atoms with E-state index in [0.29, 0.717) is 6.04 Å². The van der Waals surface area contributed by atoms with Gasteiger partial charge in [-0.3, -0.25) is 9.69 Å². The van der Waals surface area contributed by atoms with Gasteiger partial charge in [-0.1, -0.05) is 0 Å². The molecule has 0 saturated carbocycles. The molecule has 1 aliphatic rings. The predicted octanol–water partition coefficient (Wildman–Crippen LogP) is 1.34. The third kappa shape index (κ3) is 1.78. The zero-order valence-corrected chi connectivity index (χ0v) is 10.0. The molecule has 0 spiro atoms. The molecule has 14 heavy (non-hydrogen) atoms. The van der Waals surface area contributed by atoms with Crippen LogP contribution in [0.2, 0.25) is 0 Å². The average molecular weight is 198 g/mol. The van der Waals surface area contributed by atoms with Crippen LogP contribution in [0.5, 0.6) is 0 Å². The molecule has 1 unspecified atom stereocenters. The second-order valence-electron chi connectivity index (χ2n) is 4.86. The summed E-state index contributed by atoms with van der Waals surface area (Å²) in [5.41, 5.74) is -0.266. The van der Waals surface area contributed by atoms with E-state index in [4.69, 9.17) is 0 Å². The number of carbonyl (C=O) groups is 1. The maximum absolute atomic E-state index is 12.1. The van der Waals surface area contributed by atoms with Gasteiger partial charge < -0.3 is 4.90 Å². The van der Waals surface area contributed by atoms with E-state index >= 15 is 0 Å². The van der Waals surface area contributed by atoms with Crippen LogP contribution in [0, 0.1) is 0 Å². The molecule has 1 saturated heterocycles. The first kappa shape index (κ1) is 11.5. The largest absolute Gasteiger partial charge is 0.347 e. The molecule has 0 aliphatic carbocycles. The van der Waals surface area contributed by atoms with Gasteiger partial charge in [0.15, 0.2) is 0 Å². The molecule has 1 rings (SSSR count).